The Balaban J connectivity index is 3.05. The third kappa shape index (κ3) is 2.54. The van der Waals surface area contributed by atoms with Crippen molar-refractivity contribution in [1.82, 2.24) is 0 Å². The molecule has 0 aliphatic carbocycles. The molecule has 0 amide bonds. The molecule has 0 aliphatic heterocycles. The zero-order valence-electron chi connectivity index (χ0n) is 7.25. The van der Waals surface area contributed by atoms with Crippen LogP contribution < -0.4 is 4.74 Å². The molecule has 0 heterocycles. The van der Waals surface area contributed by atoms with Crippen molar-refractivity contribution in [2.45, 2.75) is 6.42 Å². The summed E-state index contributed by atoms with van der Waals surface area (Å²) in [6, 6.07) is 3.45. The molecule has 0 fully saturated rings. The smallest absolute Gasteiger partial charge is 0.161 e. The van der Waals surface area contributed by atoms with Gasteiger partial charge in [0.2, 0.25) is 0 Å². The third-order valence-electron chi connectivity index (χ3n) is 1.73. The lowest BCUT2D eigenvalue weighted by Crippen LogP contribution is -1.90. The van der Waals surface area contributed by atoms with E-state index in [2.05, 4.69) is 28.6 Å². The van der Waals surface area contributed by atoms with Gasteiger partial charge in [-0.1, -0.05) is 15.9 Å². The molecule has 13 heavy (non-hydrogen) atoms. The van der Waals surface area contributed by atoms with Gasteiger partial charge in [-0.05, 0) is 29.9 Å². The van der Waals surface area contributed by atoms with Crippen molar-refractivity contribution in [1.29, 1.82) is 0 Å². The Morgan fingerprint density at radius 3 is 2.77 bits per heavy atom. The number of benzene rings is 1. The van der Waals surface area contributed by atoms with Crippen molar-refractivity contribution in [3.8, 4) is 11.5 Å². The van der Waals surface area contributed by atoms with Gasteiger partial charge < -0.3 is 9.84 Å². The van der Waals surface area contributed by atoms with Crippen LogP contribution in [-0.4, -0.2) is 18.0 Å². The van der Waals surface area contributed by atoms with Crippen molar-refractivity contribution in [2.24, 2.45) is 0 Å². The standard InChI is InChI=1S/C9H11BrO2S/c1-12-9-5-7(10)6(2-3-13)4-8(9)11/h4-5,11,13H,2-3H2,1H3. The minimum absolute atomic E-state index is 0.169. The Morgan fingerprint density at radius 2 is 2.23 bits per heavy atom. The van der Waals surface area contributed by atoms with Gasteiger partial charge in [0.15, 0.2) is 11.5 Å². The molecule has 1 aromatic carbocycles. The number of aryl methyl sites for hydroxylation is 1. The average molecular weight is 263 g/mol. The van der Waals surface area contributed by atoms with E-state index < -0.39 is 0 Å². The van der Waals surface area contributed by atoms with Gasteiger partial charge in [0.1, 0.15) is 0 Å². The van der Waals surface area contributed by atoms with E-state index in [-0.39, 0.29) is 5.75 Å². The summed E-state index contributed by atoms with van der Waals surface area (Å²) in [5.41, 5.74) is 1.04. The summed E-state index contributed by atoms with van der Waals surface area (Å²) in [4.78, 5) is 0. The van der Waals surface area contributed by atoms with Crippen LogP contribution in [0.5, 0.6) is 11.5 Å². The first-order chi connectivity index (χ1) is 6.19. The zero-order valence-corrected chi connectivity index (χ0v) is 9.73. The maximum Gasteiger partial charge on any atom is 0.161 e. The Hall–Kier alpha value is -0.350. The van der Waals surface area contributed by atoms with Gasteiger partial charge in [0.05, 0.1) is 7.11 Å². The highest BCUT2D eigenvalue weighted by atomic mass is 79.9. The molecule has 0 spiro atoms. The van der Waals surface area contributed by atoms with E-state index in [0.29, 0.717) is 5.75 Å². The molecule has 1 aromatic rings. The zero-order chi connectivity index (χ0) is 9.84. The first-order valence-corrected chi connectivity index (χ1v) is 5.27. The van der Waals surface area contributed by atoms with Crippen LogP contribution in [0, 0.1) is 0 Å². The number of phenolic OH excluding ortho intramolecular Hbond substituents is 1. The molecule has 0 saturated heterocycles. The van der Waals surface area contributed by atoms with Gasteiger partial charge in [-0.15, -0.1) is 0 Å². The topological polar surface area (TPSA) is 29.5 Å². The van der Waals surface area contributed by atoms with Crippen LogP contribution in [0.25, 0.3) is 0 Å². The van der Waals surface area contributed by atoms with Crippen LogP contribution in [0.15, 0.2) is 16.6 Å². The van der Waals surface area contributed by atoms with Crippen molar-refractivity contribution in [3.05, 3.63) is 22.2 Å². The molecule has 0 aromatic heterocycles. The molecule has 0 atom stereocenters. The van der Waals surface area contributed by atoms with E-state index in [0.717, 1.165) is 22.2 Å². The number of aromatic hydroxyl groups is 1. The molecule has 0 unspecified atom stereocenters. The van der Waals surface area contributed by atoms with Crippen LogP contribution in [-0.2, 0) is 6.42 Å². The van der Waals surface area contributed by atoms with E-state index in [1.807, 2.05) is 0 Å². The highest BCUT2D eigenvalue weighted by Crippen LogP contribution is 2.32. The van der Waals surface area contributed by atoms with Crippen molar-refractivity contribution in [2.75, 3.05) is 12.9 Å². The molecule has 0 saturated carbocycles. The number of hydrogen-bond donors (Lipinski definition) is 2. The minimum Gasteiger partial charge on any atom is -0.504 e. The number of hydrogen-bond acceptors (Lipinski definition) is 3. The van der Waals surface area contributed by atoms with E-state index in [1.54, 1.807) is 12.1 Å². The van der Waals surface area contributed by atoms with E-state index >= 15 is 0 Å². The second-order valence-electron chi connectivity index (χ2n) is 2.59. The summed E-state index contributed by atoms with van der Waals surface area (Å²) in [6.07, 6.45) is 0.821. The number of methoxy groups -OCH3 is 1. The summed E-state index contributed by atoms with van der Waals surface area (Å²) in [6.45, 7) is 0. The SMILES string of the molecule is COc1cc(Br)c(CCS)cc1O. The first-order valence-electron chi connectivity index (χ1n) is 3.85. The van der Waals surface area contributed by atoms with Crippen LogP contribution in [0.4, 0.5) is 0 Å². The fourth-order valence-electron chi connectivity index (χ4n) is 1.06. The van der Waals surface area contributed by atoms with Crippen LogP contribution in [0.2, 0.25) is 0 Å². The summed E-state index contributed by atoms with van der Waals surface area (Å²) >= 11 is 7.53. The maximum absolute atomic E-state index is 9.47. The van der Waals surface area contributed by atoms with Gasteiger partial charge in [0.25, 0.3) is 0 Å². The van der Waals surface area contributed by atoms with Crippen molar-refractivity contribution < 1.29 is 9.84 Å². The second kappa shape index (κ2) is 4.77. The lowest BCUT2D eigenvalue weighted by molar-refractivity contribution is 0.373. The molecule has 1 N–H and O–H groups in total. The quantitative estimate of drug-likeness (QED) is 0.821. The fraction of sp³-hybridized carbons (Fsp3) is 0.333. The molecule has 0 radical (unpaired) electrons. The molecule has 0 aliphatic rings. The maximum atomic E-state index is 9.47. The predicted molar refractivity (Wildman–Crippen MR) is 59.9 cm³/mol. The van der Waals surface area contributed by atoms with Gasteiger partial charge in [-0.2, -0.15) is 12.6 Å². The largest absolute Gasteiger partial charge is 0.504 e. The number of halogens is 1. The van der Waals surface area contributed by atoms with Crippen LogP contribution in [0.1, 0.15) is 5.56 Å². The Bertz CT molecular complexity index is 302. The fourth-order valence-corrected chi connectivity index (χ4v) is 1.82. The summed E-state index contributed by atoms with van der Waals surface area (Å²) in [5.74, 6) is 1.40. The van der Waals surface area contributed by atoms with E-state index in [1.165, 1.54) is 7.11 Å². The predicted octanol–water partition coefficient (Wildman–Crippen LogP) is 2.64. The van der Waals surface area contributed by atoms with Crippen molar-refractivity contribution >= 4 is 28.6 Å². The molecule has 0 bridgehead atoms. The number of thiol groups is 1. The number of rotatable bonds is 3. The number of phenols is 1. The van der Waals surface area contributed by atoms with Crippen LogP contribution in [0.3, 0.4) is 0 Å². The first kappa shape index (κ1) is 10.7. The van der Waals surface area contributed by atoms with Gasteiger partial charge >= 0.3 is 0 Å². The molecular formula is C9H11BrO2S. The molecule has 4 heteroatoms. The van der Waals surface area contributed by atoms with E-state index in [9.17, 15) is 5.11 Å². The monoisotopic (exact) mass is 262 g/mol. The Labute approximate surface area is 91.5 Å². The lowest BCUT2D eigenvalue weighted by Gasteiger charge is -2.07. The van der Waals surface area contributed by atoms with Crippen molar-refractivity contribution in [3.63, 3.8) is 0 Å². The molecular weight excluding hydrogens is 252 g/mol. The second-order valence-corrected chi connectivity index (χ2v) is 3.89. The highest BCUT2D eigenvalue weighted by Gasteiger charge is 2.06. The van der Waals surface area contributed by atoms with Gasteiger partial charge in [0, 0.05) is 4.47 Å². The normalized spacial score (nSPS) is 10.1. The van der Waals surface area contributed by atoms with Gasteiger partial charge in [-0.3, -0.25) is 0 Å². The Morgan fingerprint density at radius 1 is 1.54 bits per heavy atom. The molecule has 1 rings (SSSR count). The Kier molecular flexibility index (Phi) is 3.93. The minimum atomic E-state index is 0.169. The van der Waals surface area contributed by atoms with Gasteiger partial charge in [-0.25, -0.2) is 0 Å². The molecule has 2 nitrogen and oxygen atoms in total. The highest BCUT2D eigenvalue weighted by molar-refractivity contribution is 9.10. The third-order valence-corrected chi connectivity index (χ3v) is 2.69. The van der Waals surface area contributed by atoms with E-state index in [4.69, 9.17) is 4.74 Å². The summed E-state index contributed by atoms with van der Waals surface area (Å²) < 4.78 is 5.90. The summed E-state index contributed by atoms with van der Waals surface area (Å²) in [7, 11) is 1.53. The summed E-state index contributed by atoms with van der Waals surface area (Å²) in [5, 5.41) is 9.47. The number of ether oxygens (including phenoxy) is 1. The van der Waals surface area contributed by atoms with Crippen LogP contribution >= 0.6 is 28.6 Å². The molecule has 72 valence electrons. The average Bonchev–Trinajstić information content (AvgIpc) is 2.11. The lowest BCUT2D eigenvalue weighted by atomic mass is 10.1.